The largest absolute Gasteiger partial charge is 0.497 e. The maximum absolute atomic E-state index is 13.3. The standard InChI is InChI=1S/C24H25NO4/c1-24(2)12-18-23(19(26)13-24)22(14-4-6-15(27-3)7-5-14)16-10-20-21(11-17(16)25-18)29-9-8-28-20/h4-7,10-11,22,25H,8-9,12-13H2,1-3H3/t22-/m0/s1. The molecule has 0 amide bonds. The van der Waals surface area contributed by atoms with Gasteiger partial charge in [0.2, 0.25) is 0 Å². The summed E-state index contributed by atoms with van der Waals surface area (Å²) >= 11 is 0. The molecule has 5 nitrogen and oxygen atoms in total. The summed E-state index contributed by atoms with van der Waals surface area (Å²) in [7, 11) is 1.66. The Labute approximate surface area is 170 Å². The van der Waals surface area contributed by atoms with E-state index in [4.69, 9.17) is 14.2 Å². The molecule has 150 valence electrons. The number of benzene rings is 2. The molecule has 1 N–H and O–H groups in total. The lowest BCUT2D eigenvalue weighted by Gasteiger charge is -2.40. The number of hydrogen-bond acceptors (Lipinski definition) is 5. The molecule has 0 saturated heterocycles. The van der Waals surface area contributed by atoms with Gasteiger partial charge in [0.15, 0.2) is 17.3 Å². The van der Waals surface area contributed by atoms with Crippen molar-refractivity contribution >= 4 is 11.5 Å². The van der Waals surface area contributed by atoms with Gasteiger partial charge in [-0.25, -0.2) is 0 Å². The fourth-order valence-electron chi connectivity index (χ4n) is 4.69. The van der Waals surface area contributed by atoms with Crippen molar-refractivity contribution in [1.29, 1.82) is 0 Å². The monoisotopic (exact) mass is 391 g/mol. The van der Waals surface area contributed by atoms with Gasteiger partial charge < -0.3 is 19.5 Å². The van der Waals surface area contributed by atoms with Crippen molar-refractivity contribution in [2.75, 3.05) is 25.6 Å². The number of fused-ring (bicyclic) bond motifs is 2. The van der Waals surface area contributed by atoms with Crippen molar-refractivity contribution in [3.63, 3.8) is 0 Å². The van der Waals surface area contributed by atoms with E-state index in [9.17, 15) is 4.79 Å². The predicted octanol–water partition coefficient (Wildman–Crippen LogP) is 4.67. The van der Waals surface area contributed by atoms with Gasteiger partial charge in [0.05, 0.1) is 7.11 Å². The number of ketones is 1. The molecule has 29 heavy (non-hydrogen) atoms. The van der Waals surface area contributed by atoms with Gasteiger partial charge >= 0.3 is 0 Å². The molecule has 2 heterocycles. The number of hydrogen-bond donors (Lipinski definition) is 1. The Kier molecular flexibility index (Phi) is 4.09. The Morgan fingerprint density at radius 1 is 1.03 bits per heavy atom. The van der Waals surface area contributed by atoms with Crippen LogP contribution in [0.4, 0.5) is 5.69 Å². The van der Waals surface area contributed by atoms with Crippen LogP contribution in [0.5, 0.6) is 17.2 Å². The van der Waals surface area contributed by atoms with E-state index in [1.165, 1.54) is 0 Å². The Morgan fingerprint density at radius 3 is 2.41 bits per heavy atom. The molecule has 0 aromatic heterocycles. The van der Waals surface area contributed by atoms with E-state index < -0.39 is 0 Å². The van der Waals surface area contributed by atoms with E-state index >= 15 is 0 Å². The summed E-state index contributed by atoms with van der Waals surface area (Å²) in [5.41, 5.74) is 4.95. The molecule has 0 radical (unpaired) electrons. The quantitative estimate of drug-likeness (QED) is 0.806. The second-order valence-corrected chi connectivity index (χ2v) is 8.75. The number of anilines is 1. The fourth-order valence-corrected chi connectivity index (χ4v) is 4.69. The molecular formula is C24H25NO4. The molecular weight excluding hydrogens is 366 g/mol. The summed E-state index contributed by atoms with van der Waals surface area (Å²) < 4.78 is 17.0. The Morgan fingerprint density at radius 2 is 1.72 bits per heavy atom. The lowest BCUT2D eigenvalue weighted by Crippen LogP contribution is -2.34. The normalized spacial score (nSPS) is 21.8. The molecule has 1 atom stereocenters. The highest BCUT2D eigenvalue weighted by Gasteiger charge is 2.41. The van der Waals surface area contributed by atoms with Gasteiger partial charge in [0, 0.05) is 35.4 Å². The SMILES string of the molecule is COc1ccc([C@@H]2C3=C(CC(C)(C)CC3=O)Nc3cc4c(cc32)OCCO4)cc1. The first-order valence-electron chi connectivity index (χ1n) is 10.1. The predicted molar refractivity (Wildman–Crippen MR) is 111 cm³/mol. The van der Waals surface area contributed by atoms with Crippen LogP contribution in [0.2, 0.25) is 0 Å². The number of carbonyl (C=O) groups is 1. The first-order chi connectivity index (χ1) is 13.9. The first kappa shape index (κ1) is 18.1. The summed E-state index contributed by atoms with van der Waals surface area (Å²) in [6.45, 7) is 5.39. The molecule has 2 aromatic carbocycles. The fraction of sp³-hybridized carbons (Fsp3) is 0.375. The minimum absolute atomic E-state index is 0.0568. The summed E-state index contributed by atoms with van der Waals surface area (Å²) in [4.78, 5) is 13.3. The number of allylic oxidation sites excluding steroid dienone is 2. The highest BCUT2D eigenvalue weighted by Crippen LogP contribution is 2.51. The van der Waals surface area contributed by atoms with Crippen LogP contribution in [0.15, 0.2) is 47.7 Å². The second kappa shape index (κ2) is 6.55. The number of ether oxygens (including phenoxy) is 3. The highest BCUT2D eigenvalue weighted by atomic mass is 16.6. The topological polar surface area (TPSA) is 56.8 Å². The van der Waals surface area contributed by atoms with Crippen LogP contribution in [-0.2, 0) is 4.79 Å². The molecule has 0 spiro atoms. The number of Topliss-reactive ketones (excluding diaryl/α,β-unsaturated/α-hetero) is 1. The summed E-state index contributed by atoms with van der Waals surface area (Å²) in [5, 5.41) is 3.56. The van der Waals surface area contributed by atoms with Gasteiger partial charge in [-0.1, -0.05) is 26.0 Å². The average molecular weight is 391 g/mol. The lowest BCUT2D eigenvalue weighted by molar-refractivity contribution is -0.118. The van der Waals surface area contributed by atoms with Crippen LogP contribution < -0.4 is 19.5 Å². The van der Waals surface area contributed by atoms with Crippen molar-refractivity contribution < 1.29 is 19.0 Å². The van der Waals surface area contributed by atoms with Crippen LogP contribution in [0.25, 0.3) is 0 Å². The molecule has 1 aliphatic carbocycles. The van der Waals surface area contributed by atoms with E-state index in [-0.39, 0.29) is 17.1 Å². The first-order valence-corrected chi connectivity index (χ1v) is 10.1. The Bertz CT molecular complexity index is 1020. The second-order valence-electron chi connectivity index (χ2n) is 8.75. The third-order valence-corrected chi connectivity index (χ3v) is 5.97. The van der Waals surface area contributed by atoms with Gasteiger partial charge in [-0.2, -0.15) is 0 Å². The molecule has 0 bridgehead atoms. The van der Waals surface area contributed by atoms with Gasteiger partial charge in [0.25, 0.3) is 0 Å². The third-order valence-electron chi connectivity index (χ3n) is 5.97. The van der Waals surface area contributed by atoms with Crippen molar-refractivity contribution in [3.8, 4) is 17.2 Å². The zero-order valence-electron chi connectivity index (χ0n) is 17.0. The van der Waals surface area contributed by atoms with Crippen molar-refractivity contribution in [1.82, 2.24) is 0 Å². The number of rotatable bonds is 2. The Balaban J connectivity index is 1.70. The van der Waals surface area contributed by atoms with Gasteiger partial charge in [-0.05, 0) is 41.2 Å². The maximum atomic E-state index is 13.3. The molecule has 5 rings (SSSR count). The van der Waals surface area contributed by atoms with Crippen molar-refractivity contribution in [2.24, 2.45) is 5.41 Å². The lowest BCUT2D eigenvalue weighted by atomic mass is 9.68. The van der Waals surface area contributed by atoms with Crippen LogP contribution in [-0.4, -0.2) is 26.1 Å². The van der Waals surface area contributed by atoms with E-state index in [1.807, 2.05) is 36.4 Å². The van der Waals surface area contributed by atoms with E-state index in [0.29, 0.717) is 19.6 Å². The van der Waals surface area contributed by atoms with Crippen LogP contribution >= 0.6 is 0 Å². The molecule has 0 saturated carbocycles. The van der Waals surface area contributed by atoms with Crippen LogP contribution in [0.1, 0.15) is 43.7 Å². The zero-order valence-corrected chi connectivity index (χ0v) is 17.0. The van der Waals surface area contributed by atoms with Crippen LogP contribution in [0, 0.1) is 5.41 Å². The summed E-state index contributed by atoms with van der Waals surface area (Å²) in [6, 6.07) is 12.0. The Hall–Kier alpha value is -2.95. The molecule has 2 aromatic rings. The number of methoxy groups -OCH3 is 1. The number of nitrogens with one attached hydrogen (secondary N) is 1. The number of carbonyl (C=O) groups excluding carboxylic acids is 1. The van der Waals surface area contributed by atoms with E-state index in [0.717, 1.165) is 51.8 Å². The summed E-state index contributed by atoms with van der Waals surface area (Å²) in [6.07, 6.45) is 1.40. The average Bonchev–Trinajstić information content (AvgIpc) is 2.70. The van der Waals surface area contributed by atoms with Gasteiger partial charge in [0.1, 0.15) is 19.0 Å². The third kappa shape index (κ3) is 3.05. The molecule has 0 unspecified atom stereocenters. The summed E-state index contributed by atoms with van der Waals surface area (Å²) in [5.74, 6) is 2.37. The maximum Gasteiger partial charge on any atom is 0.163 e. The van der Waals surface area contributed by atoms with E-state index in [1.54, 1.807) is 7.11 Å². The minimum atomic E-state index is -0.133. The van der Waals surface area contributed by atoms with Crippen molar-refractivity contribution in [2.45, 2.75) is 32.6 Å². The highest BCUT2D eigenvalue weighted by molar-refractivity contribution is 6.01. The van der Waals surface area contributed by atoms with Crippen LogP contribution in [0.3, 0.4) is 0 Å². The zero-order chi connectivity index (χ0) is 20.2. The minimum Gasteiger partial charge on any atom is -0.497 e. The molecule has 3 aliphatic rings. The van der Waals surface area contributed by atoms with E-state index in [2.05, 4.69) is 19.2 Å². The molecule has 5 heteroatoms. The van der Waals surface area contributed by atoms with Gasteiger partial charge in [-0.15, -0.1) is 0 Å². The molecule has 0 fully saturated rings. The molecule has 2 aliphatic heterocycles. The van der Waals surface area contributed by atoms with Gasteiger partial charge in [-0.3, -0.25) is 4.79 Å². The van der Waals surface area contributed by atoms with Crippen molar-refractivity contribution in [3.05, 3.63) is 58.8 Å². The smallest absolute Gasteiger partial charge is 0.163 e.